The maximum atomic E-state index is 12.4. The van der Waals surface area contributed by atoms with Gasteiger partial charge in [-0.15, -0.1) is 47.4 Å². The number of carbonyl (C=O) groups excluding carboxylic acids is 2. The number of hydrogen-bond donors (Lipinski definition) is 1. The molecule has 0 fully saturated rings. The maximum Gasteiger partial charge on any atom is 0.305 e. The smallest absolute Gasteiger partial charge is 0.305 e. The Labute approximate surface area is 423 Å². The Morgan fingerprint density at radius 3 is 1.01 bits per heavy atom. The molecule has 1 N–H and O–H groups in total. The van der Waals surface area contributed by atoms with Crippen LogP contribution in [-0.4, -0.2) is 100 Å². The molecule has 0 aliphatic rings. The first-order valence-electron chi connectivity index (χ1n) is 27.9. The SMILES string of the molecule is CCCCC#CCCOC(CCCC(=O)OCCCCCCCN(CCCO)CCCCCCCOC(=O)CCCC(OCCC#CCCCC)OCCC#CCCCC)OCCC#CCCCC. The van der Waals surface area contributed by atoms with Gasteiger partial charge in [-0.05, 0) is 96.6 Å². The highest BCUT2D eigenvalue weighted by molar-refractivity contribution is 5.69. The van der Waals surface area contributed by atoms with Crippen molar-refractivity contribution in [1.29, 1.82) is 0 Å². The zero-order valence-corrected chi connectivity index (χ0v) is 44.7. The fourth-order valence-electron chi connectivity index (χ4n) is 7.07. The second kappa shape index (κ2) is 55.9. The molecule has 0 aliphatic carbocycles. The normalized spacial score (nSPS) is 10.8. The van der Waals surface area contributed by atoms with Crippen LogP contribution in [0.2, 0.25) is 0 Å². The molecule has 396 valence electrons. The molecule has 0 atom stereocenters. The molecule has 0 saturated heterocycles. The van der Waals surface area contributed by atoms with Crippen molar-refractivity contribution in [3.63, 3.8) is 0 Å². The number of esters is 2. The second-order valence-electron chi connectivity index (χ2n) is 17.9. The molecular weight excluding hydrogens is 867 g/mol. The Bertz CT molecular complexity index is 1240. The van der Waals surface area contributed by atoms with E-state index in [-0.39, 0.29) is 31.1 Å². The lowest BCUT2D eigenvalue weighted by atomic mass is 10.1. The van der Waals surface area contributed by atoms with Gasteiger partial charge in [-0.3, -0.25) is 9.59 Å². The zero-order valence-electron chi connectivity index (χ0n) is 44.7. The molecule has 0 heterocycles. The number of aliphatic hydroxyl groups excluding tert-OH is 1. The molecule has 0 unspecified atom stereocenters. The van der Waals surface area contributed by atoms with Gasteiger partial charge < -0.3 is 38.4 Å². The van der Waals surface area contributed by atoms with Gasteiger partial charge in [0.15, 0.2) is 12.6 Å². The third kappa shape index (κ3) is 51.1. The van der Waals surface area contributed by atoms with E-state index < -0.39 is 0 Å². The van der Waals surface area contributed by atoms with E-state index in [0.29, 0.717) is 104 Å². The van der Waals surface area contributed by atoms with Gasteiger partial charge in [-0.2, -0.15) is 0 Å². The average Bonchev–Trinajstić information content (AvgIpc) is 3.35. The summed E-state index contributed by atoms with van der Waals surface area (Å²) in [7, 11) is 0. The molecule has 0 saturated carbocycles. The van der Waals surface area contributed by atoms with Crippen LogP contribution in [-0.2, 0) is 38.0 Å². The van der Waals surface area contributed by atoms with Crippen molar-refractivity contribution in [3.05, 3.63) is 0 Å². The van der Waals surface area contributed by atoms with Crippen LogP contribution in [0.4, 0.5) is 0 Å². The van der Waals surface area contributed by atoms with E-state index >= 15 is 0 Å². The van der Waals surface area contributed by atoms with E-state index in [1.165, 1.54) is 0 Å². The quantitative estimate of drug-likeness (QED) is 0.0274. The number of ether oxygens (including phenoxy) is 6. The highest BCUT2D eigenvalue weighted by Gasteiger charge is 2.13. The van der Waals surface area contributed by atoms with Gasteiger partial charge in [-0.25, -0.2) is 0 Å². The molecule has 0 aromatic carbocycles. The number of aliphatic hydroxyl groups is 1. The molecular formula is C59H101NO9. The Kier molecular flexibility index (Phi) is 53.4. The zero-order chi connectivity index (χ0) is 50.2. The fraction of sp³-hybridized carbons (Fsp3) is 0.831. The average molecular weight is 968 g/mol. The standard InChI is InChI=1S/C59H101NO9/c1-5-9-13-17-25-35-52-66-58(67-53-36-26-18-14-10-6-2)44-39-42-56(62)64-50-33-29-21-23-31-46-60(48-41-49-61)47-32-24-22-30-34-51-65-57(63)43-40-45-59(68-54-37-27-19-15-11-7-3)69-55-38-28-20-16-12-8-4/h58-59,61H,5-16,21-24,29-55H2,1-4H3. The van der Waals surface area contributed by atoms with Crippen molar-refractivity contribution >= 4 is 11.9 Å². The molecule has 0 spiro atoms. The Hall–Kier alpha value is -3.06. The van der Waals surface area contributed by atoms with Crippen molar-refractivity contribution in [1.82, 2.24) is 4.90 Å². The van der Waals surface area contributed by atoms with Crippen LogP contribution in [0.25, 0.3) is 0 Å². The van der Waals surface area contributed by atoms with Crippen molar-refractivity contribution < 1.29 is 43.1 Å². The monoisotopic (exact) mass is 968 g/mol. The summed E-state index contributed by atoms with van der Waals surface area (Å²) >= 11 is 0. The number of nitrogens with zero attached hydrogens (tertiary/aromatic N) is 1. The van der Waals surface area contributed by atoms with Gasteiger partial charge >= 0.3 is 11.9 Å². The Morgan fingerprint density at radius 1 is 0.377 bits per heavy atom. The third-order valence-electron chi connectivity index (χ3n) is 11.3. The van der Waals surface area contributed by atoms with Crippen LogP contribution in [0.3, 0.4) is 0 Å². The van der Waals surface area contributed by atoms with Crippen LogP contribution >= 0.6 is 0 Å². The largest absolute Gasteiger partial charge is 0.466 e. The van der Waals surface area contributed by atoms with Crippen LogP contribution in [0.15, 0.2) is 0 Å². The highest BCUT2D eigenvalue weighted by Crippen LogP contribution is 2.13. The lowest BCUT2D eigenvalue weighted by Crippen LogP contribution is -2.27. The Balaban J connectivity index is 4.23. The van der Waals surface area contributed by atoms with Crippen molar-refractivity contribution in [2.24, 2.45) is 0 Å². The van der Waals surface area contributed by atoms with Crippen LogP contribution in [0, 0.1) is 47.4 Å². The van der Waals surface area contributed by atoms with E-state index in [4.69, 9.17) is 28.4 Å². The van der Waals surface area contributed by atoms with Gasteiger partial charge in [0, 0.05) is 77.4 Å². The minimum Gasteiger partial charge on any atom is -0.466 e. The molecule has 0 bridgehead atoms. The topological polar surface area (TPSA) is 113 Å². The fourth-order valence-corrected chi connectivity index (χ4v) is 7.07. The van der Waals surface area contributed by atoms with E-state index in [1.54, 1.807) is 0 Å². The highest BCUT2D eigenvalue weighted by atomic mass is 16.7. The molecule has 0 amide bonds. The minimum atomic E-state index is -0.362. The molecule has 10 heteroatoms. The van der Waals surface area contributed by atoms with Gasteiger partial charge in [0.1, 0.15) is 0 Å². The van der Waals surface area contributed by atoms with Gasteiger partial charge in [0.2, 0.25) is 0 Å². The van der Waals surface area contributed by atoms with E-state index in [0.717, 1.165) is 167 Å². The predicted molar refractivity (Wildman–Crippen MR) is 283 cm³/mol. The predicted octanol–water partition coefficient (Wildman–Crippen LogP) is 13.1. The van der Waals surface area contributed by atoms with E-state index in [2.05, 4.69) is 80.0 Å². The number of rotatable bonds is 47. The van der Waals surface area contributed by atoms with Crippen molar-refractivity contribution in [2.45, 2.75) is 252 Å². The van der Waals surface area contributed by atoms with Crippen molar-refractivity contribution in [3.8, 4) is 47.4 Å². The number of carbonyl (C=O) groups is 2. The number of unbranched alkanes of at least 4 members (excludes halogenated alkanes) is 16. The maximum absolute atomic E-state index is 12.4. The molecule has 0 aliphatic heterocycles. The van der Waals surface area contributed by atoms with Crippen LogP contribution < -0.4 is 0 Å². The summed E-state index contributed by atoms with van der Waals surface area (Å²) < 4.78 is 35.0. The summed E-state index contributed by atoms with van der Waals surface area (Å²) in [5.41, 5.74) is 0. The van der Waals surface area contributed by atoms with Crippen LogP contribution in [0.1, 0.15) is 240 Å². The number of hydrogen-bond acceptors (Lipinski definition) is 10. The first-order valence-corrected chi connectivity index (χ1v) is 27.9. The second-order valence-corrected chi connectivity index (χ2v) is 17.9. The first-order chi connectivity index (χ1) is 34.0. The summed E-state index contributed by atoms with van der Waals surface area (Å²) in [6, 6.07) is 0. The summed E-state index contributed by atoms with van der Waals surface area (Å²) in [5.74, 6) is 25.2. The van der Waals surface area contributed by atoms with E-state index in [1.807, 2.05) is 0 Å². The Morgan fingerprint density at radius 2 is 0.681 bits per heavy atom. The molecule has 0 rings (SSSR count). The van der Waals surface area contributed by atoms with Crippen molar-refractivity contribution in [2.75, 3.05) is 65.9 Å². The van der Waals surface area contributed by atoms with Gasteiger partial charge in [-0.1, -0.05) is 91.9 Å². The third-order valence-corrected chi connectivity index (χ3v) is 11.3. The summed E-state index contributed by atoms with van der Waals surface area (Å²) in [6.07, 6.45) is 29.5. The molecule has 69 heavy (non-hydrogen) atoms. The van der Waals surface area contributed by atoms with Gasteiger partial charge in [0.25, 0.3) is 0 Å². The molecule has 10 nitrogen and oxygen atoms in total. The van der Waals surface area contributed by atoms with Gasteiger partial charge in [0.05, 0.1) is 39.6 Å². The summed E-state index contributed by atoms with van der Waals surface area (Å²) in [6.45, 7) is 14.9. The lowest BCUT2D eigenvalue weighted by Gasteiger charge is -2.22. The molecule has 0 aromatic rings. The first kappa shape index (κ1) is 65.9. The van der Waals surface area contributed by atoms with Crippen LogP contribution in [0.5, 0.6) is 0 Å². The summed E-state index contributed by atoms with van der Waals surface area (Å²) in [5, 5.41) is 9.46. The lowest BCUT2D eigenvalue weighted by molar-refractivity contribution is -0.150. The molecule has 0 aromatic heterocycles. The minimum absolute atomic E-state index is 0.158. The summed E-state index contributed by atoms with van der Waals surface area (Å²) in [4.78, 5) is 27.4. The van der Waals surface area contributed by atoms with E-state index in [9.17, 15) is 14.7 Å². The molecule has 0 radical (unpaired) electrons.